The minimum absolute atomic E-state index is 0. The molecule has 1 amide bonds. The second-order valence-corrected chi connectivity index (χ2v) is 4.85. The van der Waals surface area contributed by atoms with E-state index in [0.29, 0.717) is 5.82 Å². The molecule has 0 aliphatic carbocycles. The van der Waals surface area contributed by atoms with E-state index < -0.39 is 0 Å². The largest absolute Gasteiger partial charge is 0.325 e. The number of amides is 1. The van der Waals surface area contributed by atoms with Crippen molar-refractivity contribution in [3.05, 3.63) is 24.3 Å². The van der Waals surface area contributed by atoms with Crippen LogP contribution in [0, 0.1) is 0 Å². The molecule has 2 heterocycles. The van der Waals surface area contributed by atoms with Crippen molar-refractivity contribution in [1.82, 2.24) is 25.5 Å². The van der Waals surface area contributed by atoms with E-state index in [-0.39, 0.29) is 24.4 Å². The molecule has 1 saturated heterocycles. The molecule has 3 rings (SSSR count). The van der Waals surface area contributed by atoms with E-state index in [1.54, 1.807) is 11.7 Å². The van der Waals surface area contributed by atoms with Crippen LogP contribution in [0.1, 0.15) is 12.8 Å². The third-order valence-corrected chi connectivity index (χ3v) is 3.39. The molecule has 0 bridgehead atoms. The molecule has 0 saturated carbocycles. The van der Waals surface area contributed by atoms with E-state index in [1.165, 1.54) is 0 Å². The van der Waals surface area contributed by atoms with E-state index >= 15 is 0 Å². The molecular weight excluding hydrogens is 292 g/mol. The molecule has 1 aromatic carbocycles. The van der Waals surface area contributed by atoms with Gasteiger partial charge in [-0.3, -0.25) is 4.79 Å². The second-order valence-electron chi connectivity index (χ2n) is 4.85. The number of hydrogen-bond donors (Lipinski definition) is 2. The summed E-state index contributed by atoms with van der Waals surface area (Å²) in [6, 6.07) is 7.44. The molecule has 1 aliphatic heterocycles. The van der Waals surface area contributed by atoms with Gasteiger partial charge in [-0.2, -0.15) is 0 Å². The molecule has 7 nitrogen and oxygen atoms in total. The number of carbonyl (C=O) groups excluding carboxylic acids is 1. The Labute approximate surface area is 128 Å². The molecule has 1 aliphatic rings. The van der Waals surface area contributed by atoms with E-state index in [2.05, 4.69) is 26.2 Å². The zero-order chi connectivity index (χ0) is 13.9. The van der Waals surface area contributed by atoms with Crippen molar-refractivity contribution in [3.63, 3.8) is 0 Å². The predicted octanol–water partition coefficient (Wildman–Crippen LogP) is 0.989. The summed E-state index contributed by atoms with van der Waals surface area (Å²) < 4.78 is 1.60. The first-order valence-corrected chi connectivity index (χ1v) is 6.61. The van der Waals surface area contributed by atoms with Gasteiger partial charge in [-0.05, 0) is 41.9 Å². The Morgan fingerprint density at radius 1 is 1.48 bits per heavy atom. The summed E-state index contributed by atoms with van der Waals surface area (Å²) in [6.07, 6.45) is 1.93. The summed E-state index contributed by atoms with van der Waals surface area (Å²) in [6.45, 7) is 0.905. The monoisotopic (exact) mass is 308 g/mol. The molecule has 2 aromatic rings. The lowest BCUT2D eigenvalue weighted by Crippen LogP contribution is -2.35. The van der Waals surface area contributed by atoms with Crippen molar-refractivity contribution in [2.75, 3.05) is 11.9 Å². The molecule has 1 atom stereocenters. The Balaban J connectivity index is 0.00000161. The normalized spacial score (nSPS) is 17.3. The smallest absolute Gasteiger partial charge is 0.241 e. The van der Waals surface area contributed by atoms with Crippen molar-refractivity contribution in [1.29, 1.82) is 0 Å². The third kappa shape index (κ3) is 3.37. The summed E-state index contributed by atoms with van der Waals surface area (Å²) in [7, 11) is 1.78. The van der Waals surface area contributed by atoms with Crippen molar-refractivity contribution < 1.29 is 4.79 Å². The van der Waals surface area contributed by atoms with Crippen LogP contribution < -0.4 is 10.6 Å². The number of rotatable bonds is 3. The number of aromatic nitrogens is 4. The Morgan fingerprint density at radius 2 is 2.33 bits per heavy atom. The number of benzene rings is 1. The molecule has 21 heavy (non-hydrogen) atoms. The highest BCUT2D eigenvalue weighted by Gasteiger charge is 2.21. The second kappa shape index (κ2) is 6.64. The van der Waals surface area contributed by atoms with Gasteiger partial charge in [0.25, 0.3) is 0 Å². The predicted molar refractivity (Wildman–Crippen MR) is 81.1 cm³/mol. The topological polar surface area (TPSA) is 84.7 Å². The molecule has 0 radical (unpaired) electrons. The van der Waals surface area contributed by atoms with Gasteiger partial charge >= 0.3 is 0 Å². The van der Waals surface area contributed by atoms with Crippen LogP contribution in [-0.4, -0.2) is 38.7 Å². The number of aryl methyl sites for hydroxylation is 1. The average molecular weight is 309 g/mol. The third-order valence-electron chi connectivity index (χ3n) is 3.39. The standard InChI is InChI=1S/C13H16N6O.ClH/c1-19-12(16-17-18-19)9-4-2-5-10(8-9)15-13(20)11-6-3-7-14-11;/h2,4-5,8,11,14H,3,6-7H2,1H3,(H,15,20);1H. The van der Waals surface area contributed by atoms with Crippen molar-refractivity contribution >= 4 is 24.0 Å². The Hall–Kier alpha value is -1.99. The van der Waals surface area contributed by atoms with Crippen LogP contribution in [0.4, 0.5) is 5.69 Å². The SMILES string of the molecule is Cl.Cn1nnnc1-c1cccc(NC(=O)C2CCCN2)c1. The lowest BCUT2D eigenvalue weighted by molar-refractivity contribution is -0.117. The molecule has 1 fully saturated rings. The van der Waals surface area contributed by atoms with Gasteiger partial charge < -0.3 is 10.6 Å². The molecular formula is C13H17ClN6O. The van der Waals surface area contributed by atoms with E-state index in [4.69, 9.17) is 0 Å². The highest BCUT2D eigenvalue weighted by Crippen LogP contribution is 2.20. The zero-order valence-corrected chi connectivity index (χ0v) is 12.4. The summed E-state index contributed by atoms with van der Waals surface area (Å²) in [5.74, 6) is 0.677. The fraction of sp³-hybridized carbons (Fsp3) is 0.385. The van der Waals surface area contributed by atoms with Crippen LogP contribution in [0.2, 0.25) is 0 Å². The Morgan fingerprint density at radius 3 is 3.00 bits per heavy atom. The summed E-state index contributed by atoms with van der Waals surface area (Å²) in [5.41, 5.74) is 1.62. The maximum atomic E-state index is 12.1. The fourth-order valence-corrected chi connectivity index (χ4v) is 2.35. The van der Waals surface area contributed by atoms with Gasteiger partial charge in [0.05, 0.1) is 6.04 Å². The van der Waals surface area contributed by atoms with Gasteiger partial charge in [0.1, 0.15) is 0 Å². The quantitative estimate of drug-likeness (QED) is 0.883. The maximum Gasteiger partial charge on any atom is 0.241 e. The molecule has 1 unspecified atom stereocenters. The number of hydrogen-bond acceptors (Lipinski definition) is 5. The van der Waals surface area contributed by atoms with Crippen molar-refractivity contribution in [2.45, 2.75) is 18.9 Å². The number of carbonyl (C=O) groups is 1. The van der Waals surface area contributed by atoms with Gasteiger partial charge in [0, 0.05) is 18.3 Å². The maximum absolute atomic E-state index is 12.1. The Kier molecular flexibility index (Phi) is 4.87. The lowest BCUT2D eigenvalue weighted by Gasteiger charge is -2.11. The fourth-order valence-electron chi connectivity index (χ4n) is 2.35. The minimum Gasteiger partial charge on any atom is -0.325 e. The van der Waals surface area contributed by atoms with Crippen LogP contribution in [0.3, 0.4) is 0 Å². The van der Waals surface area contributed by atoms with Crippen LogP contribution in [0.5, 0.6) is 0 Å². The average Bonchev–Trinajstić information content (AvgIpc) is 3.10. The Bertz CT molecular complexity index is 623. The minimum atomic E-state index is -0.0878. The van der Waals surface area contributed by atoms with Crippen molar-refractivity contribution in [3.8, 4) is 11.4 Å². The summed E-state index contributed by atoms with van der Waals surface area (Å²) >= 11 is 0. The van der Waals surface area contributed by atoms with Gasteiger partial charge in [-0.25, -0.2) is 4.68 Å². The number of halogens is 1. The first-order chi connectivity index (χ1) is 9.74. The van der Waals surface area contributed by atoms with Crippen LogP contribution >= 0.6 is 12.4 Å². The van der Waals surface area contributed by atoms with E-state index in [1.807, 2.05) is 24.3 Å². The number of tetrazole rings is 1. The summed E-state index contributed by atoms with van der Waals surface area (Å²) in [4.78, 5) is 12.1. The van der Waals surface area contributed by atoms with Gasteiger partial charge in [-0.15, -0.1) is 17.5 Å². The summed E-state index contributed by atoms with van der Waals surface area (Å²) in [5, 5.41) is 17.5. The molecule has 2 N–H and O–H groups in total. The van der Waals surface area contributed by atoms with E-state index in [0.717, 1.165) is 30.6 Å². The number of nitrogens with one attached hydrogen (secondary N) is 2. The molecule has 112 valence electrons. The van der Waals surface area contributed by atoms with Crippen molar-refractivity contribution in [2.24, 2.45) is 7.05 Å². The first kappa shape index (κ1) is 15.4. The highest BCUT2D eigenvalue weighted by atomic mass is 35.5. The molecule has 0 spiro atoms. The number of anilines is 1. The van der Waals surface area contributed by atoms with Gasteiger partial charge in [0.15, 0.2) is 5.82 Å². The lowest BCUT2D eigenvalue weighted by atomic mass is 10.1. The number of nitrogens with zero attached hydrogens (tertiary/aromatic N) is 4. The van der Waals surface area contributed by atoms with Gasteiger partial charge in [0.2, 0.25) is 5.91 Å². The van der Waals surface area contributed by atoms with E-state index in [9.17, 15) is 4.79 Å². The molecule has 1 aromatic heterocycles. The zero-order valence-electron chi connectivity index (χ0n) is 11.6. The van der Waals surface area contributed by atoms with Crippen LogP contribution in [0.25, 0.3) is 11.4 Å². The molecule has 8 heteroatoms. The first-order valence-electron chi connectivity index (χ1n) is 6.61. The van der Waals surface area contributed by atoms with Gasteiger partial charge in [-0.1, -0.05) is 12.1 Å². The van der Waals surface area contributed by atoms with Crippen LogP contribution in [-0.2, 0) is 11.8 Å². The van der Waals surface area contributed by atoms with Crippen LogP contribution in [0.15, 0.2) is 24.3 Å². The highest BCUT2D eigenvalue weighted by molar-refractivity contribution is 5.95.